The lowest BCUT2D eigenvalue weighted by atomic mass is 10.2. The van der Waals surface area contributed by atoms with Crippen LogP contribution in [0, 0.1) is 10.1 Å². The van der Waals surface area contributed by atoms with E-state index in [4.69, 9.17) is 11.6 Å². The van der Waals surface area contributed by atoms with E-state index in [1.54, 1.807) is 24.3 Å². The highest BCUT2D eigenvalue weighted by atomic mass is 35.5. The van der Waals surface area contributed by atoms with Gasteiger partial charge in [0.05, 0.1) is 11.1 Å². The van der Waals surface area contributed by atoms with Crippen molar-refractivity contribution in [3.8, 4) is 0 Å². The summed E-state index contributed by atoms with van der Waals surface area (Å²) in [7, 11) is 0. The molecule has 8 nitrogen and oxygen atoms in total. The van der Waals surface area contributed by atoms with Crippen LogP contribution >= 0.6 is 11.6 Å². The third kappa shape index (κ3) is 6.33. The van der Waals surface area contributed by atoms with E-state index in [0.29, 0.717) is 16.3 Å². The third-order valence-electron chi connectivity index (χ3n) is 3.21. The van der Waals surface area contributed by atoms with Gasteiger partial charge < -0.3 is 5.32 Å². The van der Waals surface area contributed by atoms with Crippen LogP contribution in [0.4, 0.5) is 11.4 Å². The molecular weight excluding hydrogens is 360 g/mol. The Labute approximate surface area is 154 Å². The lowest BCUT2D eigenvalue weighted by Gasteiger charge is -2.04. The first-order valence-corrected chi connectivity index (χ1v) is 7.93. The summed E-state index contributed by atoms with van der Waals surface area (Å²) in [4.78, 5) is 33.5. The minimum Gasteiger partial charge on any atom is -0.326 e. The Bertz CT molecular complexity index is 820. The summed E-state index contributed by atoms with van der Waals surface area (Å²) in [6.45, 7) is 0. The van der Waals surface area contributed by atoms with Crippen molar-refractivity contribution in [1.82, 2.24) is 5.43 Å². The lowest BCUT2D eigenvalue weighted by molar-refractivity contribution is -0.384. The maximum atomic E-state index is 11.8. The number of halogens is 1. The second kappa shape index (κ2) is 9.28. The first-order chi connectivity index (χ1) is 12.4. The molecule has 0 spiro atoms. The van der Waals surface area contributed by atoms with Crippen molar-refractivity contribution in [2.24, 2.45) is 5.10 Å². The van der Waals surface area contributed by atoms with Crippen molar-refractivity contribution in [2.75, 3.05) is 5.32 Å². The first-order valence-electron chi connectivity index (χ1n) is 7.56. The molecule has 2 rings (SSSR count). The Kier molecular flexibility index (Phi) is 6.81. The number of hydrazone groups is 1. The molecule has 0 radical (unpaired) electrons. The molecule has 0 heterocycles. The van der Waals surface area contributed by atoms with Gasteiger partial charge in [0.1, 0.15) is 0 Å². The monoisotopic (exact) mass is 374 g/mol. The van der Waals surface area contributed by atoms with Crippen LogP contribution in [-0.2, 0) is 9.59 Å². The Balaban J connectivity index is 1.73. The molecule has 134 valence electrons. The molecule has 2 amide bonds. The van der Waals surface area contributed by atoms with Gasteiger partial charge in [-0.3, -0.25) is 19.7 Å². The van der Waals surface area contributed by atoms with E-state index < -0.39 is 10.8 Å². The van der Waals surface area contributed by atoms with Gasteiger partial charge in [-0.2, -0.15) is 5.10 Å². The van der Waals surface area contributed by atoms with Crippen molar-refractivity contribution in [3.05, 3.63) is 69.2 Å². The predicted octanol–water partition coefficient (Wildman–Crippen LogP) is 3.12. The molecule has 2 N–H and O–H groups in total. The fraction of sp³-hybridized carbons (Fsp3) is 0.118. The quantitative estimate of drug-likeness (QED) is 0.440. The van der Waals surface area contributed by atoms with Gasteiger partial charge in [0.25, 0.3) is 5.69 Å². The summed E-state index contributed by atoms with van der Waals surface area (Å²) in [6, 6.07) is 12.3. The molecule has 0 saturated carbocycles. The first kappa shape index (κ1) is 19.1. The zero-order valence-electron chi connectivity index (χ0n) is 13.5. The van der Waals surface area contributed by atoms with E-state index in [1.165, 1.54) is 30.5 Å². The summed E-state index contributed by atoms with van der Waals surface area (Å²) in [6.07, 6.45) is 1.33. The van der Waals surface area contributed by atoms with Crippen LogP contribution in [0.15, 0.2) is 53.6 Å². The van der Waals surface area contributed by atoms with Crippen molar-refractivity contribution in [2.45, 2.75) is 12.8 Å². The number of benzene rings is 2. The molecule has 0 aromatic heterocycles. The molecule has 0 aliphatic carbocycles. The highest BCUT2D eigenvalue weighted by molar-refractivity contribution is 6.30. The molecule has 0 atom stereocenters. The standard InChI is InChI=1S/C17H15ClN4O4/c18-13-3-5-14(6-4-13)20-16(23)9-10-17(24)21-19-11-12-1-7-15(8-2-12)22(25)26/h1-8,11H,9-10H2,(H,20,23)(H,21,24)/b19-11-. The molecule has 2 aromatic carbocycles. The average Bonchev–Trinajstić information content (AvgIpc) is 2.62. The number of amides is 2. The zero-order chi connectivity index (χ0) is 18.9. The maximum Gasteiger partial charge on any atom is 0.269 e. The minimum atomic E-state index is -0.502. The van der Waals surface area contributed by atoms with Crippen molar-refractivity contribution < 1.29 is 14.5 Å². The number of hydrogen-bond donors (Lipinski definition) is 2. The second-order valence-corrected chi connectivity index (χ2v) is 5.63. The van der Waals surface area contributed by atoms with Gasteiger partial charge in [-0.25, -0.2) is 5.43 Å². The van der Waals surface area contributed by atoms with E-state index in [1.807, 2.05) is 0 Å². The fourth-order valence-electron chi connectivity index (χ4n) is 1.90. The van der Waals surface area contributed by atoms with Crippen LogP contribution in [0.5, 0.6) is 0 Å². The normalized spacial score (nSPS) is 10.5. The van der Waals surface area contributed by atoms with Crippen molar-refractivity contribution >= 4 is 41.0 Å². The molecule has 0 aliphatic rings. The summed E-state index contributed by atoms with van der Waals surface area (Å²) in [5, 5.41) is 17.5. The van der Waals surface area contributed by atoms with E-state index in [9.17, 15) is 19.7 Å². The number of nitro groups is 1. The van der Waals surface area contributed by atoms with Crippen LogP contribution in [0.1, 0.15) is 18.4 Å². The summed E-state index contributed by atoms with van der Waals surface area (Å²) < 4.78 is 0. The predicted molar refractivity (Wildman–Crippen MR) is 98.1 cm³/mol. The van der Waals surface area contributed by atoms with Gasteiger partial charge in [0, 0.05) is 35.7 Å². The molecule has 9 heteroatoms. The molecule has 0 saturated heterocycles. The highest BCUT2D eigenvalue weighted by Gasteiger charge is 2.07. The Morgan fingerprint density at radius 2 is 1.65 bits per heavy atom. The van der Waals surface area contributed by atoms with Gasteiger partial charge >= 0.3 is 0 Å². The van der Waals surface area contributed by atoms with Gasteiger partial charge in [0.15, 0.2) is 0 Å². The topological polar surface area (TPSA) is 114 Å². The van der Waals surface area contributed by atoms with Gasteiger partial charge in [-0.1, -0.05) is 11.6 Å². The number of anilines is 1. The molecule has 0 bridgehead atoms. The zero-order valence-corrected chi connectivity index (χ0v) is 14.3. The number of nitrogens with zero attached hydrogens (tertiary/aromatic N) is 2. The summed E-state index contributed by atoms with van der Waals surface area (Å²) in [5.74, 6) is -0.726. The highest BCUT2D eigenvalue weighted by Crippen LogP contribution is 2.13. The minimum absolute atomic E-state index is 0.00150. The van der Waals surface area contributed by atoms with Gasteiger partial charge in [-0.15, -0.1) is 0 Å². The number of non-ortho nitro benzene ring substituents is 1. The van der Waals surface area contributed by atoms with Crippen LogP contribution in [0.2, 0.25) is 5.02 Å². The number of hydrogen-bond acceptors (Lipinski definition) is 5. The third-order valence-corrected chi connectivity index (χ3v) is 3.47. The molecule has 0 fully saturated rings. The van der Waals surface area contributed by atoms with Gasteiger partial charge in [-0.05, 0) is 42.0 Å². The molecule has 26 heavy (non-hydrogen) atoms. The van der Waals surface area contributed by atoms with Crippen molar-refractivity contribution in [1.29, 1.82) is 0 Å². The van der Waals surface area contributed by atoms with Crippen LogP contribution in [-0.4, -0.2) is 23.0 Å². The smallest absolute Gasteiger partial charge is 0.269 e. The number of nitro benzene ring substituents is 1. The molecule has 0 aliphatic heterocycles. The average molecular weight is 375 g/mol. The number of nitrogens with one attached hydrogen (secondary N) is 2. The Morgan fingerprint density at radius 1 is 1.04 bits per heavy atom. The van der Waals surface area contributed by atoms with Crippen molar-refractivity contribution in [3.63, 3.8) is 0 Å². The van der Waals surface area contributed by atoms with E-state index >= 15 is 0 Å². The van der Waals surface area contributed by atoms with Gasteiger partial charge in [0.2, 0.25) is 11.8 Å². The number of carbonyl (C=O) groups excluding carboxylic acids is 2. The van der Waals surface area contributed by atoms with Crippen LogP contribution in [0.3, 0.4) is 0 Å². The van der Waals surface area contributed by atoms with E-state index in [2.05, 4.69) is 15.8 Å². The number of carbonyl (C=O) groups is 2. The van der Waals surface area contributed by atoms with Crippen LogP contribution < -0.4 is 10.7 Å². The largest absolute Gasteiger partial charge is 0.326 e. The summed E-state index contributed by atoms with van der Waals surface area (Å²) >= 11 is 5.76. The van der Waals surface area contributed by atoms with E-state index in [0.717, 1.165) is 0 Å². The van der Waals surface area contributed by atoms with Crippen LogP contribution in [0.25, 0.3) is 0 Å². The lowest BCUT2D eigenvalue weighted by Crippen LogP contribution is -2.20. The SMILES string of the molecule is O=C(CCC(=O)Nc1ccc(Cl)cc1)N/N=C\c1ccc([N+](=O)[O-])cc1. The number of rotatable bonds is 7. The molecule has 2 aromatic rings. The molecular formula is C17H15ClN4O4. The fourth-order valence-corrected chi connectivity index (χ4v) is 2.03. The summed E-state index contributed by atoms with van der Waals surface area (Å²) in [5.41, 5.74) is 3.45. The van der Waals surface area contributed by atoms with E-state index in [-0.39, 0.29) is 24.4 Å². The maximum absolute atomic E-state index is 11.8. The Hall–Kier alpha value is -3.26. The Morgan fingerprint density at radius 3 is 2.27 bits per heavy atom. The second-order valence-electron chi connectivity index (χ2n) is 5.20. The molecule has 0 unspecified atom stereocenters.